The summed E-state index contributed by atoms with van der Waals surface area (Å²) in [5, 5.41) is 8.79. The summed E-state index contributed by atoms with van der Waals surface area (Å²) in [5.41, 5.74) is 0. The first-order valence-corrected chi connectivity index (χ1v) is 5.51. The van der Waals surface area contributed by atoms with E-state index in [1.807, 2.05) is 13.8 Å². The molecule has 14 heavy (non-hydrogen) atoms. The Morgan fingerprint density at radius 1 is 1.64 bits per heavy atom. The number of hydrogen-bond acceptors (Lipinski definition) is 3. The molecule has 1 rings (SSSR count). The molecule has 0 saturated carbocycles. The number of furan rings is 1. The highest BCUT2D eigenvalue weighted by Crippen LogP contribution is 2.16. The molecule has 1 aromatic rings. The number of hydrogen-bond donors (Lipinski definition) is 1. The minimum atomic E-state index is -1.25. The molecule has 2 atom stereocenters. The van der Waals surface area contributed by atoms with Crippen molar-refractivity contribution in [1.29, 1.82) is 0 Å². The van der Waals surface area contributed by atoms with E-state index >= 15 is 0 Å². The van der Waals surface area contributed by atoms with Crippen LogP contribution in [0.4, 0.5) is 0 Å². The quantitative estimate of drug-likeness (QED) is 0.834. The van der Waals surface area contributed by atoms with E-state index < -0.39 is 16.8 Å². The second-order valence-electron chi connectivity index (χ2n) is 2.94. The first-order chi connectivity index (χ1) is 6.56. The Labute approximate surface area is 84.4 Å². The smallest absolute Gasteiger partial charge is 0.371 e. The van der Waals surface area contributed by atoms with Gasteiger partial charge in [-0.05, 0) is 18.6 Å². The molecular weight excluding hydrogens is 204 g/mol. The van der Waals surface area contributed by atoms with Crippen molar-refractivity contribution in [3.8, 4) is 0 Å². The molecule has 1 heterocycles. The Morgan fingerprint density at radius 2 is 2.29 bits per heavy atom. The number of aromatic carboxylic acids is 1. The molecule has 0 saturated heterocycles. The van der Waals surface area contributed by atoms with E-state index in [4.69, 9.17) is 9.52 Å². The van der Waals surface area contributed by atoms with Crippen LogP contribution in [0.15, 0.2) is 21.6 Å². The number of rotatable bonds is 4. The van der Waals surface area contributed by atoms with Crippen LogP contribution in [0.3, 0.4) is 0 Å². The third-order valence-corrected chi connectivity index (χ3v) is 3.61. The van der Waals surface area contributed by atoms with E-state index in [1.165, 1.54) is 12.1 Å². The average molecular weight is 216 g/mol. The second kappa shape index (κ2) is 4.41. The second-order valence-corrected chi connectivity index (χ2v) is 4.74. The SMILES string of the molecule is CCC(C)S(=O)c1ccc(C(=O)O)o1. The monoisotopic (exact) mass is 216 g/mol. The van der Waals surface area contributed by atoms with Crippen molar-refractivity contribution in [2.75, 3.05) is 0 Å². The standard InChI is InChI=1S/C9H12O4S/c1-3-6(2)14(12)8-5-4-7(13-8)9(10)11/h4-6H,3H2,1-2H3,(H,10,11). The zero-order valence-electron chi connectivity index (χ0n) is 8.02. The summed E-state index contributed by atoms with van der Waals surface area (Å²) in [4.78, 5) is 10.5. The van der Waals surface area contributed by atoms with E-state index in [1.54, 1.807) is 0 Å². The van der Waals surface area contributed by atoms with E-state index in [9.17, 15) is 9.00 Å². The van der Waals surface area contributed by atoms with Gasteiger partial charge >= 0.3 is 5.97 Å². The van der Waals surface area contributed by atoms with Crippen molar-refractivity contribution < 1.29 is 18.5 Å². The van der Waals surface area contributed by atoms with Crippen LogP contribution in [-0.2, 0) is 10.8 Å². The largest absolute Gasteiger partial charge is 0.475 e. The van der Waals surface area contributed by atoms with Gasteiger partial charge in [-0.15, -0.1) is 0 Å². The van der Waals surface area contributed by atoms with Gasteiger partial charge in [0, 0.05) is 5.25 Å². The third kappa shape index (κ3) is 2.23. The fourth-order valence-corrected chi connectivity index (χ4v) is 1.97. The molecule has 2 unspecified atom stereocenters. The first kappa shape index (κ1) is 11.0. The van der Waals surface area contributed by atoms with Gasteiger partial charge in [0.1, 0.15) is 0 Å². The molecule has 0 aliphatic carbocycles. The molecule has 1 aromatic heterocycles. The lowest BCUT2D eigenvalue weighted by Crippen LogP contribution is -2.08. The predicted octanol–water partition coefficient (Wildman–Crippen LogP) is 1.88. The van der Waals surface area contributed by atoms with Gasteiger partial charge in [0.2, 0.25) is 5.76 Å². The lowest BCUT2D eigenvalue weighted by atomic mass is 10.4. The molecule has 4 nitrogen and oxygen atoms in total. The van der Waals surface area contributed by atoms with Crippen LogP contribution in [0.5, 0.6) is 0 Å². The van der Waals surface area contributed by atoms with Gasteiger partial charge in [0.25, 0.3) is 0 Å². The maximum atomic E-state index is 11.6. The molecule has 0 fully saturated rings. The molecular formula is C9H12O4S. The number of carboxylic acid groups (broad SMARTS) is 1. The van der Waals surface area contributed by atoms with Crippen LogP contribution in [0.25, 0.3) is 0 Å². The molecule has 0 bridgehead atoms. The highest BCUT2D eigenvalue weighted by molar-refractivity contribution is 7.85. The van der Waals surface area contributed by atoms with Crippen molar-refractivity contribution in [2.45, 2.75) is 30.6 Å². The van der Waals surface area contributed by atoms with Gasteiger partial charge in [-0.1, -0.05) is 13.8 Å². The van der Waals surface area contributed by atoms with Gasteiger partial charge in [-0.25, -0.2) is 4.79 Å². The maximum Gasteiger partial charge on any atom is 0.371 e. The summed E-state index contributed by atoms with van der Waals surface area (Å²) >= 11 is 0. The minimum absolute atomic E-state index is 0.0252. The summed E-state index contributed by atoms with van der Waals surface area (Å²) in [6.07, 6.45) is 0.760. The van der Waals surface area contributed by atoms with Gasteiger partial charge in [0.05, 0.1) is 10.8 Å². The van der Waals surface area contributed by atoms with Crippen LogP contribution < -0.4 is 0 Å². The third-order valence-electron chi connectivity index (χ3n) is 1.93. The highest BCUT2D eigenvalue weighted by atomic mass is 32.2. The van der Waals surface area contributed by atoms with E-state index in [0.717, 1.165) is 6.42 Å². The van der Waals surface area contributed by atoms with E-state index in [-0.39, 0.29) is 16.1 Å². The van der Waals surface area contributed by atoms with Crippen LogP contribution >= 0.6 is 0 Å². The van der Waals surface area contributed by atoms with Crippen molar-refractivity contribution >= 4 is 16.8 Å². The fraction of sp³-hybridized carbons (Fsp3) is 0.444. The molecule has 0 aromatic carbocycles. The first-order valence-electron chi connectivity index (χ1n) is 4.30. The summed E-state index contributed by atoms with van der Waals surface area (Å²) in [6.45, 7) is 3.75. The topological polar surface area (TPSA) is 67.5 Å². The number of carbonyl (C=O) groups is 1. The predicted molar refractivity (Wildman–Crippen MR) is 51.8 cm³/mol. The number of carboxylic acids is 1. The van der Waals surface area contributed by atoms with Crippen molar-refractivity contribution in [2.24, 2.45) is 0 Å². The van der Waals surface area contributed by atoms with Crippen LogP contribution in [0.1, 0.15) is 30.8 Å². The summed E-state index contributed by atoms with van der Waals surface area (Å²) in [7, 11) is -1.25. The summed E-state index contributed by atoms with van der Waals surface area (Å²) < 4.78 is 16.6. The Morgan fingerprint density at radius 3 is 2.71 bits per heavy atom. The van der Waals surface area contributed by atoms with Crippen molar-refractivity contribution in [1.82, 2.24) is 0 Å². The van der Waals surface area contributed by atoms with Gasteiger partial charge in [-0.3, -0.25) is 4.21 Å². The molecule has 1 N–H and O–H groups in total. The van der Waals surface area contributed by atoms with E-state index in [0.29, 0.717) is 0 Å². The molecule has 0 radical (unpaired) electrons. The van der Waals surface area contributed by atoms with Gasteiger partial charge in [-0.2, -0.15) is 0 Å². The summed E-state index contributed by atoms with van der Waals surface area (Å²) in [6, 6.07) is 2.77. The molecule has 0 amide bonds. The van der Waals surface area contributed by atoms with Gasteiger partial charge in [0.15, 0.2) is 5.09 Å². The lowest BCUT2D eigenvalue weighted by Gasteiger charge is -2.04. The van der Waals surface area contributed by atoms with E-state index in [2.05, 4.69) is 0 Å². The molecule has 0 aliphatic heterocycles. The minimum Gasteiger partial charge on any atom is -0.475 e. The lowest BCUT2D eigenvalue weighted by molar-refractivity contribution is 0.0656. The molecule has 0 spiro atoms. The molecule has 0 aliphatic rings. The Hall–Kier alpha value is -1.10. The molecule has 78 valence electrons. The highest BCUT2D eigenvalue weighted by Gasteiger charge is 2.17. The maximum absolute atomic E-state index is 11.6. The summed E-state index contributed by atoms with van der Waals surface area (Å²) in [5.74, 6) is -1.31. The Kier molecular flexibility index (Phi) is 3.46. The molecule has 5 heteroatoms. The average Bonchev–Trinajstić information content (AvgIpc) is 2.64. The van der Waals surface area contributed by atoms with Crippen LogP contribution in [0.2, 0.25) is 0 Å². The van der Waals surface area contributed by atoms with Crippen molar-refractivity contribution in [3.05, 3.63) is 17.9 Å². The zero-order chi connectivity index (χ0) is 10.7. The fourth-order valence-electron chi connectivity index (χ4n) is 0.893. The Balaban J connectivity index is 2.87. The van der Waals surface area contributed by atoms with Crippen molar-refractivity contribution in [3.63, 3.8) is 0 Å². The zero-order valence-corrected chi connectivity index (χ0v) is 8.84. The normalized spacial score (nSPS) is 15.0. The van der Waals surface area contributed by atoms with Crippen LogP contribution in [0, 0.1) is 0 Å². The van der Waals surface area contributed by atoms with Gasteiger partial charge < -0.3 is 9.52 Å². The Bertz CT molecular complexity index is 355. The van der Waals surface area contributed by atoms with Crippen LogP contribution in [-0.4, -0.2) is 20.5 Å².